The van der Waals surface area contributed by atoms with Crippen LogP contribution in [-0.4, -0.2) is 33.7 Å². The van der Waals surface area contributed by atoms with Gasteiger partial charge in [0, 0.05) is 7.05 Å². The highest BCUT2D eigenvalue weighted by molar-refractivity contribution is 7.99. The van der Waals surface area contributed by atoms with Gasteiger partial charge in [-0.3, -0.25) is 9.48 Å². The van der Waals surface area contributed by atoms with Crippen molar-refractivity contribution in [1.82, 2.24) is 9.78 Å². The summed E-state index contributed by atoms with van der Waals surface area (Å²) >= 11 is 1.60. The molecule has 0 aromatic carbocycles. The van der Waals surface area contributed by atoms with Gasteiger partial charge in [0.05, 0.1) is 22.8 Å². The molecule has 6 heteroatoms. The third kappa shape index (κ3) is 4.05. The van der Waals surface area contributed by atoms with Gasteiger partial charge in [-0.25, -0.2) is 0 Å². The van der Waals surface area contributed by atoms with Crippen LogP contribution in [0.5, 0.6) is 0 Å². The van der Waals surface area contributed by atoms with Crippen molar-refractivity contribution in [3.63, 3.8) is 0 Å². The maximum Gasteiger partial charge on any atom is 0.234 e. The summed E-state index contributed by atoms with van der Waals surface area (Å²) in [7, 11) is 1.87. The minimum atomic E-state index is 0.0196. The van der Waals surface area contributed by atoms with Crippen molar-refractivity contribution < 1.29 is 4.79 Å². The Labute approximate surface area is 106 Å². The van der Waals surface area contributed by atoms with Gasteiger partial charge in [-0.05, 0) is 32.6 Å². The van der Waals surface area contributed by atoms with Crippen molar-refractivity contribution in [2.24, 2.45) is 12.8 Å². The summed E-state index contributed by atoms with van der Waals surface area (Å²) < 4.78 is 1.77. The van der Waals surface area contributed by atoms with E-state index in [0.717, 1.165) is 29.2 Å². The average molecular weight is 256 g/mol. The normalized spacial score (nSPS) is 10.6. The number of carbonyl (C=O) groups excluding carboxylic acids is 1. The zero-order chi connectivity index (χ0) is 12.8. The molecule has 1 heterocycles. The van der Waals surface area contributed by atoms with Crippen LogP contribution in [0.25, 0.3) is 0 Å². The number of aryl methyl sites for hydroxylation is 2. The fourth-order valence-corrected chi connectivity index (χ4v) is 2.25. The van der Waals surface area contributed by atoms with E-state index in [4.69, 9.17) is 5.73 Å². The highest BCUT2D eigenvalue weighted by Crippen LogP contribution is 2.18. The summed E-state index contributed by atoms with van der Waals surface area (Å²) in [6.45, 7) is 4.51. The molecule has 0 aliphatic carbocycles. The molecule has 0 atom stereocenters. The van der Waals surface area contributed by atoms with Crippen LogP contribution in [0.15, 0.2) is 0 Å². The predicted molar refractivity (Wildman–Crippen MR) is 72.3 cm³/mol. The fourth-order valence-electron chi connectivity index (χ4n) is 1.48. The van der Waals surface area contributed by atoms with Gasteiger partial charge in [0.1, 0.15) is 0 Å². The second kappa shape index (κ2) is 6.66. The average Bonchev–Trinajstić information content (AvgIpc) is 2.52. The molecular weight excluding hydrogens is 236 g/mol. The Morgan fingerprint density at radius 1 is 1.53 bits per heavy atom. The number of rotatable bonds is 6. The van der Waals surface area contributed by atoms with Crippen LogP contribution in [0.3, 0.4) is 0 Å². The number of hydrogen-bond acceptors (Lipinski definition) is 4. The Kier molecular flexibility index (Phi) is 5.50. The standard InChI is InChI=1S/C11H20N4OS/c1-8-11(9(2)15(3)14-8)13-10(16)7-17-6-4-5-12/h4-7,12H2,1-3H3,(H,13,16). The van der Waals surface area contributed by atoms with Crippen LogP contribution in [0, 0.1) is 13.8 Å². The molecule has 96 valence electrons. The Morgan fingerprint density at radius 2 is 2.24 bits per heavy atom. The summed E-state index contributed by atoms with van der Waals surface area (Å²) in [4.78, 5) is 11.7. The van der Waals surface area contributed by atoms with Gasteiger partial charge in [0.15, 0.2) is 0 Å². The topological polar surface area (TPSA) is 72.9 Å². The van der Waals surface area contributed by atoms with Crippen LogP contribution >= 0.6 is 11.8 Å². The van der Waals surface area contributed by atoms with E-state index in [1.54, 1.807) is 16.4 Å². The predicted octanol–water partition coefficient (Wildman–Crippen LogP) is 1.06. The molecule has 0 bridgehead atoms. The van der Waals surface area contributed by atoms with E-state index in [9.17, 15) is 4.79 Å². The lowest BCUT2D eigenvalue weighted by Gasteiger charge is -2.05. The number of nitrogens with two attached hydrogens (primary N) is 1. The Hall–Kier alpha value is -1.01. The third-order valence-corrected chi connectivity index (χ3v) is 3.54. The number of nitrogens with zero attached hydrogens (tertiary/aromatic N) is 2. The molecule has 0 spiro atoms. The summed E-state index contributed by atoms with van der Waals surface area (Å²) in [5, 5.41) is 7.15. The van der Waals surface area contributed by atoms with Crippen molar-refractivity contribution >= 4 is 23.4 Å². The molecule has 0 saturated carbocycles. The largest absolute Gasteiger partial charge is 0.330 e. The van der Waals surface area contributed by atoms with Crippen molar-refractivity contribution in [2.75, 3.05) is 23.4 Å². The zero-order valence-corrected chi connectivity index (χ0v) is 11.4. The molecule has 3 N–H and O–H groups in total. The number of carbonyl (C=O) groups is 1. The number of nitrogens with one attached hydrogen (secondary N) is 1. The van der Waals surface area contributed by atoms with Crippen LogP contribution in [0.2, 0.25) is 0 Å². The minimum absolute atomic E-state index is 0.0196. The maximum atomic E-state index is 11.7. The molecule has 1 rings (SSSR count). The Bertz CT molecular complexity index is 389. The second-order valence-corrected chi connectivity index (χ2v) is 5.02. The van der Waals surface area contributed by atoms with Gasteiger partial charge in [-0.1, -0.05) is 0 Å². The number of amides is 1. The first-order valence-electron chi connectivity index (χ1n) is 5.64. The van der Waals surface area contributed by atoms with Crippen LogP contribution in [0.4, 0.5) is 5.69 Å². The van der Waals surface area contributed by atoms with E-state index in [2.05, 4.69) is 10.4 Å². The molecule has 0 unspecified atom stereocenters. The number of hydrogen-bond donors (Lipinski definition) is 2. The monoisotopic (exact) mass is 256 g/mol. The van der Waals surface area contributed by atoms with Gasteiger partial charge in [0.2, 0.25) is 5.91 Å². The first-order valence-corrected chi connectivity index (χ1v) is 6.79. The van der Waals surface area contributed by atoms with Gasteiger partial charge < -0.3 is 11.1 Å². The van der Waals surface area contributed by atoms with Gasteiger partial charge >= 0.3 is 0 Å². The first-order chi connectivity index (χ1) is 8.06. The summed E-state index contributed by atoms with van der Waals surface area (Å²) in [6.07, 6.45) is 0.947. The quantitative estimate of drug-likeness (QED) is 0.746. The highest BCUT2D eigenvalue weighted by Gasteiger charge is 2.11. The number of anilines is 1. The van der Waals surface area contributed by atoms with Gasteiger partial charge in [0.25, 0.3) is 0 Å². The molecule has 17 heavy (non-hydrogen) atoms. The molecule has 0 radical (unpaired) electrons. The maximum absolute atomic E-state index is 11.7. The van der Waals surface area contributed by atoms with Crippen LogP contribution < -0.4 is 11.1 Å². The third-order valence-electron chi connectivity index (χ3n) is 2.50. The summed E-state index contributed by atoms with van der Waals surface area (Å²) in [5.74, 6) is 1.41. The van der Waals surface area contributed by atoms with Crippen molar-refractivity contribution in [1.29, 1.82) is 0 Å². The van der Waals surface area contributed by atoms with E-state index < -0.39 is 0 Å². The van der Waals surface area contributed by atoms with Crippen LogP contribution in [-0.2, 0) is 11.8 Å². The molecule has 5 nitrogen and oxygen atoms in total. The molecule has 0 fully saturated rings. The molecule has 1 aromatic rings. The lowest BCUT2D eigenvalue weighted by Crippen LogP contribution is -2.15. The Morgan fingerprint density at radius 3 is 2.76 bits per heavy atom. The molecule has 1 aromatic heterocycles. The molecular formula is C11H20N4OS. The van der Waals surface area contributed by atoms with Crippen molar-refractivity contribution in [3.8, 4) is 0 Å². The van der Waals surface area contributed by atoms with Crippen LogP contribution in [0.1, 0.15) is 17.8 Å². The van der Waals surface area contributed by atoms with E-state index >= 15 is 0 Å². The second-order valence-electron chi connectivity index (χ2n) is 3.91. The molecule has 1 amide bonds. The van der Waals surface area contributed by atoms with Gasteiger partial charge in [-0.2, -0.15) is 16.9 Å². The number of aromatic nitrogens is 2. The van der Waals surface area contributed by atoms with Crippen molar-refractivity contribution in [2.45, 2.75) is 20.3 Å². The SMILES string of the molecule is Cc1nn(C)c(C)c1NC(=O)CSCCCN. The summed E-state index contributed by atoms with van der Waals surface area (Å²) in [6, 6.07) is 0. The Balaban J connectivity index is 2.45. The smallest absolute Gasteiger partial charge is 0.234 e. The zero-order valence-electron chi connectivity index (χ0n) is 10.6. The fraction of sp³-hybridized carbons (Fsp3) is 0.636. The van der Waals surface area contributed by atoms with E-state index in [-0.39, 0.29) is 5.91 Å². The lowest BCUT2D eigenvalue weighted by molar-refractivity contribution is -0.113. The van der Waals surface area contributed by atoms with E-state index in [1.165, 1.54) is 0 Å². The minimum Gasteiger partial charge on any atom is -0.330 e. The molecule has 0 saturated heterocycles. The van der Waals surface area contributed by atoms with Gasteiger partial charge in [-0.15, -0.1) is 0 Å². The first kappa shape index (κ1) is 14.1. The van der Waals surface area contributed by atoms with Crippen molar-refractivity contribution in [3.05, 3.63) is 11.4 Å². The molecule has 0 aliphatic rings. The number of thioether (sulfide) groups is 1. The van der Waals surface area contributed by atoms with E-state index in [0.29, 0.717) is 12.3 Å². The highest BCUT2D eigenvalue weighted by atomic mass is 32.2. The lowest BCUT2D eigenvalue weighted by atomic mass is 10.3. The molecule has 0 aliphatic heterocycles. The van der Waals surface area contributed by atoms with E-state index in [1.807, 2.05) is 20.9 Å². The summed E-state index contributed by atoms with van der Waals surface area (Å²) in [5.41, 5.74) is 8.04.